The van der Waals surface area contributed by atoms with E-state index in [9.17, 15) is 9.59 Å². The van der Waals surface area contributed by atoms with Crippen LogP contribution in [0.5, 0.6) is 0 Å². The minimum atomic E-state index is -0.356. The van der Waals surface area contributed by atoms with Gasteiger partial charge < -0.3 is 14.6 Å². The van der Waals surface area contributed by atoms with E-state index in [2.05, 4.69) is 10.3 Å². The molecule has 1 aliphatic rings. The van der Waals surface area contributed by atoms with Gasteiger partial charge in [-0.3, -0.25) is 13.9 Å². The number of aromatic nitrogens is 4. The van der Waals surface area contributed by atoms with Crippen LogP contribution in [-0.2, 0) is 25.3 Å². The van der Waals surface area contributed by atoms with Crippen LogP contribution in [0.15, 0.2) is 9.59 Å². The second-order valence-electron chi connectivity index (χ2n) is 5.67. The molecule has 8 heteroatoms. The fourth-order valence-corrected chi connectivity index (χ4v) is 3.08. The first-order valence-electron chi connectivity index (χ1n) is 7.42. The number of ether oxygens (including phenoxy) is 1. The Morgan fingerprint density at radius 2 is 2.09 bits per heavy atom. The zero-order valence-corrected chi connectivity index (χ0v) is 13.1. The van der Waals surface area contributed by atoms with Crippen LogP contribution >= 0.6 is 0 Å². The van der Waals surface area contributed by atoms with Crippen LogP contribution in [0.1, 0.15) is 18.3 Å². The lowest BCUT2D eigenvalue weighted by atomic mass is 10.2. The molecular weight excluding hydrogens is 286 g/mol. The molecule has 1 fully saturated rings. The van der Waals surface area contributed by atoms with E-state index >= 15 is 0 Å². The maximum Gasteiger partial charge on any atom is 0.332 e. The minimum Gasteiger partial charge on any atom is -0.384 e. The third-order valence-electron chi connectivity index (χ3n) is 4.29. The largest absolute Gasteiger partial charge is 0.384 e. The minimum absolute atomic E-state index is 0.182. The highest BCUT2D eigenvalue weighted by atomic mass is 16.5. The molecule has 0 radical (unpaired) electrons. The van der Waals surface area contributed by atoms with Crippen LogP contribution in [0.4, 0.5) is 0 Å². The van der Waals surface area contributed by atoms with Gasteiger partial charge in [-0.05, 0) is 13.0 Å². The maximum absolute atomic E-state index is 12.6. The quantitative estimate of drug-likeness (QED) is 0.796. The summed E-state index contributed by atoms with van der Waals surface area (Å²) in [6.07, 6.45) is 1.55. The van der Waals surface area contributed by atoms with Gasteiger partial charge in [-0.15, -0.1) is 0 Å². The molecule has 120 valence electrons. The van der Waals surface area contributed by atoms with Crippen LogP contribution in [0.25, 0.3) is 11.2 Å². The molecule has 0 aromatic carbocycles. The molecule has 2 aromatic rings. The standard InChI is InChI=1S/C14H21N5O3/c1-17-12-11(13(20)18(2)14(17)21)19(9-4-6-15-8-9)10(16-12)5-7-22-3/h9,15H,4-8H2,1-3H3. The van der Waals surface area contributed by atoms with Gasteiger partial charge in [0.2, 0.25) is 0 Å². The average Bonchev–Trinajstić information content (AvgIpc) is 3.15. The number of nitrogens with one attached hydrogen (secondary N) is 1. The Labute approximate surface area is 127 Å². The first kappa shape index (κ1) is 15.0. The summed E-state index contributed by atoms with van der Waals surface area (Å²) in [7, 11) is 4.79. The molecule has 3 rings (SSSR count). The summed E-state index contributed by atoms with van der Waals surface area (Å²) in [4.78, 5) is 29.3. The Kier molecular flexibility index (Phi) is 3.88. The zero-order chi connectivity index (χ0) is 15.9. The predicted octanol–water partition coefficient (Wildman–Crippen LogP) is -0.843. The van der Waals surface area contributed by atoms with Crippen molar-refractivity contribution < 1.29 is 4.74 Å². The van der Waals surface area contributed by atoms with E-state index in [0.29, 0.717) is 24.2 Å². The number of hydrogen-bond donors (Lipinski definition) is 1. The highest BCUT2D eigenvalue weighted by Gasteiger charge is 2.26. The molecular formula is C14H21N5O3. The first-order valence-corrected chi connectivity index (χ1v) is 7.42. The number of nitrogens with zero attached hydrogens (tertiary/aromatic N) is 4. The number of rotatable bonds is 4. The van der Waals surface area contributed by atoms with E-state index in [4.69, 9.17) is 4.74 Å². The second-order valence-corrected chi connectivity index (χ2v) is 5.67. The molecule has 0 saturated carbocycles. The van der Waals surface area contributed by atoms with Crippen LogP contribution in [-0.4, -0.2) is 45.5 Å². The van der Waals surface area contributed by atoms with E-state index in [-0.39, 0.29) is 17.3 Å². The summed E-state index contributed by atoms with van der Waals surface area (Å²) >= 11 is 0. The monoisotopic (exact) mass is 307 g/mol. The number of methoxy groups -OCH3 is 1. The van der Waals surface area contributed by atoms with Gasteiger partial charge in [0.1, 0.15) is 5.82 Å². The molecule has 22 heavy (non-hydrogen) atoms. The summed E-state index contributed by atoms with van der Waals surface area (Å²) in [6, 6.07) is 0.182. The second kappa shape index (κ2) is 5.69. The fourth-order valence-electron chi connectivity index (χ4n) is 3.08. The van der Waals surface area contributed by atoms with Gasteiger partial charge in [0, 0.05) is 40.2 Å². The number of fused-ring (bicyclic) bond motifs is 1. The predicted molar refractivity (Wildman–Crippen MR) is 82.3 cm³/mol. The molecule has 1 aliphatic heterocycles. The van der Waals surface area contributed by atoms with Crippen molar-refractivity contribution in [3.05, 3.63) is 26.7 Å². The van der Waals surface area contributed by atoms with Crippen molar-refractivity contribution in [1.29, 1.82) is 0 Å². The molecule has 0 bridgehead atoms. The van der Waals surface area contributed by atoms with E-state index in [1.807, 2.05) is 4.57 Å². The SMILES string of the molecule is COCCc1nc2c(c(=O)n(C)c(=O)n2C)n1C1CCNC1. The zero-order valence-electron chi connectivity index (χ0n) is 13.1. The fraction of sp³-hybridized carbons (Fsp3) is 0.643. The summed E-state index contributed by atoms with van der Waals surface area (Å²) in [5, 5.41) is 3.31. The number of aryl methyl sites for hydroxylation is 1. The number of hydrogen-bond acceptors (Lipinski definition) is 5. The molecule has 1 atom stereocenters. The van der Waals surface area contributed by atoms with Crippen molar-refractivity contribution in [3.63, 3.8) is 0 Å². The van der Waals surface area contributed by atoms with Crippen LogP contribution in [0.3, 0.4) is 0 Å². The van der Waals surface area contributed by atoms with E-state index in [1.165, 1.54) is 11.6 Å². The summed E-state index contributed by atoms with van der Waals surface area (Å²) < 4.78 is 9.72. The molecule has 1 unspecified atom stereocenters. The van der Waals surface area contributed by atoms with Gasteiger partial charge in [-0.25, -0.2) is 9.78 Å². The molecule has 3 heterocycles. The summed E-state index contributed by atoms with van der Waals surface area (Å²) in [5.41, 5.74) is 0.307. The average molecular weight is 307 g/mol. The molecule has 0 amide bonds. The molecule has 1 saturated heterocycles. The molecule has 8 nitrogen and oxygen atoms in total. The van der Waals surface area contributed by atoms with Gasteiger partial charge in [-0.1, -0.05) is 0 Å². The number of imidazole rings is 1. The van der Waals surface area contributed by atoms with Crippen molar-refractivity contribution in [3.8, 4) is 0 Å². The molecule has 2 aromatic heterocycles. The maximum atomic E-state index is 12.6. The van der Waals surface area contributed by atoms with Crippen molar-refractivity contribution in [2.75, 3.05) is 26.8 Å². The van der Waals surface area contributed by atoms with Gasteiger partial charge in [-0.2, -0.15) is 0 Å². The van der Waals surface area contributed by atoms with Crippen LogP contribution < -0.4 is 16.6 Å². The molecule has 1 N–H and O–H groups in total. The Bertz CT molecular complexity index is 810. The van der Waals surface area contributed by atoms with Gasteiger partial charge in [0.15, 0.2) is 11.2 Å². The smallest absolute Gasteiger partial charge is 0.332 e. The van der Waals surface area contributed by atoms with Crippen molar-refractivity contribution in [2.45, 2.75) is 18.9 Å². The lowest BCUT2D eigenvalue weighted by molar-refractivity contribution is 0.199. The lowest BCUT2D eigenvalue weighted by Crippen LogP contribution is -2.38. The van der Waals surface area contributed by atoms with Crippen LogP contribution in [0.2, 0.25) is 0 Å². The third kappa shape index (κ3) is 2.19. The Morgan fingerprint density at radius 1 is 1.32 bits per heavy atom. The van der Waals surface area contributed by atoms with Gasteiger partial charge in [0.25, 0.3) is 5.56 Å². The van der Waals surface area contributed by atoms with Crippen molar-refractivity contribution in [2.24, 2.45) is 14.1 Å². The topological polar surface area (TPSA) is 83.1 Å². The summed E-state index contributed by atoms with van der Waals surface area (Å²) in [5.74, 6) is 0.795. The van der Waals surface area contributed by atoms with E-state index in [1.54, 1.807) is 14.2 Å². The molecule has 0 spiro atoms. The Hall–Kier alpha value is -1.93. The highest BCUT2D eigenvalue weighted by Crippen LogP contribution is 2.22. The third-order valence-corrected chi connectivity index (χ3v) is 4.29. The van der Waals surface area contributed by atoms with Gasteiger partial charge in [0.05, 0.1) is 6.61 Å². The normalized spacial score (nSPS) is 18.4. The summed E-state index contributed by atoms with van der Waals surface area (Å²) in [6.45, 7) is 2.25. The lowest BCUT2D eigenvalue weighted by Gasteiger charge is -2.15. The van der Waals surface area contributed by atoms with E-state index < -0.39 is 0 Å². The van der Waals surface area contributed by atoms with E-state index in [0.717, 1.165) is 29.9 Å². The highest BCUT2D eigenvalue weighted by molar-refractivity contribution is 5.71. The van der Waals surface area contributed by atoms with Crippen LogP contribution in [0, 0.1) is 0 Å². The van der Waals surface area contributed by atoms with Crippen molar-refractivity contribution in [1.82, 2.24) is 24.0 Å². The Morgan fingerprint density at radius 3 is 2.73 bits per heavy atom. The van der Waals surface area contributed by atoms with Crippen molar-refractivity contribution >= 4 is 11.2 Å². The Balaban J connectivity index is 2.32. The van der Waals surface area contributed by atoms with Gasteiger partial charge >= 0.3 is 5.69 Å². The molecule has 0 aliphatic carbocycles. The first-order chi connectivity index (χ1) is 10.6.